The van der Waals surface area contributed by atoms with Crippen LogP contribution in [0.25, 0.3) is 5.69 Å². The number of amides is 1. The molecule has 0 bridgehead atoms. The molecule has 2 aliphatic rings. The quantitative estimate of drug-likeness (QED) is 0.841. The van der Waals surface area contributed by atoms with Crippen molar-refractivity contribution in [3.05, 3.63) is 47.3 Å². The molecule has 1 aliphatic carbocycles. The maximum absolute atomic E-state index is 13.2. The maximum Gasteiger partial charge on any atom is 0.274 e. The molecule has 0 radical (unpaired) electrons. The van der Waals surface area contributed by atoms with Crippen molar-refractivity contribution in [1.29, 1.82) is 0 Å². The first-order valence-corrected chi connectivity index (χ1v) is 9.31. The Kier molecular flexibility index (Phi) is 4.57. The largest absolute Gasteiger partial charge is 0.381 e. The fraction of sp³-hybridized carbons (Fsp3) is 0.500. The first-order valence-electron chi connectivity index (χ1n) is 9.31. The number of benzene rings is 1. The molecular weight excluding hydrogens is 314 g/mol. The van der Waals surface area contributed by atoms with Crippen LogP contribution in [0, 0.1) is 5.92 Å². The summed E-state index contributed by atoms with van der Waals surface area (Å²) < 4.78 is 7.44. The van der Waals surface area contributed by atoms with Gasteiger partial charge in [0.25, 0.3) is 5.91 Å². The number of ether oxygens (including phenoxy) is 1. The molecule has 0 N–H and O–H groups in total. The van der Waals surface area contributed by atoms with E-state index in [1.165, 1.54) is 5.69 Å². The summed E-state index contributed by atoms with van der Waals surface area (Å²) in [6, 6.07) is 10.1. The second-order valence-corrected chi connectivity index (χ2v) is 6.95. The SMILES string of the molecule is CCN(CC1CCOC1)C(=O)c1nn(-c2ccccc2)c2c1CCC2. The minimum atomic E-state index is 0.0715. The van der Waals surface area contributed by atoms with E-state index >= 15 is 0 Å². The first-order chi connectivity index (χ1) is 12.3. The van der Waals surface area contributed by atoms with Crippen molar-refractivity contribution in [3.8, 4) is 5.69 Å². The fourth-order valence-corrected chi connectivity index (χ4v) is 3.94. The van der Waals surface area contributed by atoms with Crippen molar-refractivity contribution in [2.75, 3.05) is 26.3 Å². The van der Waals surface area contributed by atoms with E-state index in [4.69, 9.17) is 9.84 Å². The van der Waals surface area contributed by atoms with Gasteiger partial charge in [-0.25, -0.2) is 4.68 Å². The summed E-state index contributed by atoms with van der Waals surface area (Å²) in [5.74, 6) is 0.524. The van der Waals surface area contributed by atoms with E-state index < -0.39 is 0 Å². The lowest BCUT2D eigenvalue weighted by molar-refractivity contribution is 0.0723. The highest BCUT2D eigenvalue weighted by Gasteiger charge is 2.30. The average Bonchev–Trinajstić information content (AvgIpc) is 3.37. The predicted molar refractivity (Wildman–Crippen MR) is 96.1 cm³/mol. The molecule has 0 spiro atoms. The van der Waals surface area contributed by atoms with Crippen LogP contribution in [-0.4, -0.2) is 46.9 Å². The molecule has 2 heterocycles. The second kappa shape index (κ2) is 7.00. The molecule has 1 aliphatic heterocycles. The van der Waals surface area contributed by atoms with Crippen LogP contribution >= 0.6 is 0 Å². The summed E-state index contributed by atoms with van der Waals surface area (Å²) in [6.07, 6.45) is 4.09. The third-order valence-electron chi connectivity index (χ3n) is 5.31. The highest BCUT2D eigenvalue weighted by atomic mass is 16.5. The number of hydrogen-bond donors (Lipinski definition) is 0. The van der Waals surface area contributed by atoms with Gasteiger partial charge in [-0.1, -0.05) is 18.2 Å². The smallest absolute Gasteiger partial charge is 0.274 e. The minimum absolute atomic E-state index is 0.0715. The topological polar surface area (TPSA) is 47.4 Å². The van der Waals surface area contributed by atoms with Gasteiger partial charge in [0.05, 0.1) is 12.3 Å². The van der Waals surface area contributed by atoms with Crippen LogP contribution in [-0.2, 0) is 17.6 Å². The first kappa shape index (κ1) is 16.3. The molecule has 2 aromatic rings. The zero-order chi connectivity index (χ0) is 17.2. The van der Waals surface area contributed by atoms with Gasteiger partial charge in [0.15, 0.2) is 5.69 Å². The zero-order valence-electron chi connectivity index (χ0n) is 14.8. The minimum Gasteiger partial charge on any atom is -0.381 e. The molecule has 25 heavy (non-hydrogen) atoms. The van der Waals surface area contributed by atoms with Gasteiger partial charge in [0, 0.05) is 36.9 Å². The van der Waals surface area contributed by atoms with E-state index in [0.29, 0.717) is 18.2 Å². The van der Waals surface area contributed by atoms with Crippen molar-refractivity contribution in [1.82, 2.24) is 14.7 Å². The maximum atomic E-state index is 13.2. The van der Waals surface area contributed by atoms with Crippen molar-refractivity contribution in [2.45, 2.75) is 32.6 Å². The van der Waals surface area contributed by atoms with E-state index in [1.807, 2.05) is 46.8 Å². The Morgan fingerprint density at radius 2 is 2.16 bits per heavy atom. The van der Waals surface area contributed by atoms with Crippen LogP contribution in [0.1, 0.15) is 41.5 Å². The number of fused-ring (bicyclic) bond motifs is 1. The van der Waals surface area contributed by atoms with Crippen molar-refractivity contribution in [2.24, 2.45) is 5.92 Å². The van der Waals surface area contributed by atoms with Crippen LogP contribution in [0.3, 0.4) is 0 Å². The molecule has 5 nitrogen and oxygen atoms in total. The van der Waals surface area contributed by atoms with E-state index in [1.54, 1.807) is 0 Å². The summed E-state index contributed by atoms with van der Waals surface area (Å²) >= 11 is 0. The van der Waals surface area contributed by atoms with Gasteiger partial charge in [-0.3, -0.25) is 4.79 Å². The van der Waals surface area contributed by atoms with Gasteiger partial charge in [-0.2, -0.15) is 5.10 Å². The molecular formula is C20H25N3O2. The molecule has 1 amide bonds. The van der Waals surface area contributed by atoms with Crippen molar-refractivity contribution in [3.63, 3.8) is 0 Å². The average molecular weight is 339 g/mol. The Labute approximate surface area is 148 Å². The van der Waals surface area contributed by atoms with E-state index in [2.05, 4.69) is 0 Å². The summed E-state index contributed by atoms with van der Waals surface area (Å²) in [6.45, 7) is 5.10. The Balaban J connectivity index is 1.64. The molecule has 1 unspecified atom stereocenters. The Morgan fingerprint density at radius 1 is 1.32 bits per heavy atom. The lowest BCUT2D eigenvalue weighted by Crippen LogP contribution is -2.36. The van der Waals surface area contributed by atoms with Gasteiger partial charge in [0.1, 0.15) is 0 Å². The highest BCUT2D eigenvalue weighted by Crippen LogP contribution is 2.29. The zero-order valence-corrected chi connectivity index (χ0v) is 14.8. The Hall–Kier alpha value is -2.14. The predicted octanol–water partition coefficient (Wildman–Crippen LogP) is 2.86. The van der Waals surface area contributed by atoms with E-state index in [-0.39, 0.29) is 5.91 Å². The van der Waals surface area contributed by atoms with Crippen LogP contribution in [0.5, 0.6) is 0 Å². The number of carbonyl (C=O) groups is 1. The number of rotatable bonds is 5. The number of nitrogens with zero attached hydrogens (tertiary/aromatic N) is 3. The summed E-state index contributed by atoms with van der Waals surface area (Å²) in [4.78, 5) is 15.1. The van der Waals surface area contributed by atoms with Crippen LogP contribution in [0.15, 0.2) is 30.3 Å². The highest BCUT2D eigenvalue weighted by molar-refractivity contribution is 5.94. The third-order valence-corrected chi connectivity index (χ3v) is 5.31. The normalized spacial score (nSPS) is 19.2. The Bertz CT molecular complexity index is 748. The van der Waals surface area contributed by atoms with Gasteiger partial charge in [-0.05, 0) is 44.7 Å². The molecule has 1 aromatic carbocycles. The van der Waals surface area contributed by atoms with Gasteiger partial charge < -0.3 is 9.64 Å². The Morgan fingerprint density at radius 3 is 2.88 bits per heavy atom. The number of para-hydroxylation sites is 1. The van der Waals surface area contributed by atoms with Crippen LogP contribution < -0.4 is 0 Å². The molecule has 4 rings (SSSR count). The fourth-order valence-electron chi connectivity index (χ4n) is 3.94. The molecule has 1 fully saturated rings. The van der Waals surface area contributed by atoms with Gasteiger partial charge in [0.2, 0.25) is 0 Å². The van der Waals surface area contributed by atoms with Crippen LogP contribution in [0.2, 0.25) is 0 Å². The lowest BCUT2D eigenvalue weighted by Gasteiger charge is -2.23. The van der Waals surface area contributed by atoms with Crippen molar-refractivity contribution < 1.29 is 9.53 Å². The molecule has 1 atom stereocenters. The van der Waals surface area contributed by atoms with Crippen LogP contribution in [0.4, 0.5) is 0 Å². The summed E-state index contributed by atoms with van der Waals surface area (Å²) in [7, 11) is 0. The summed E-state index contributed by atoms with van der Waals surface area (Å²) in [5, 5.41) is 4.74. The second-order valence-electron chi connectivity index (χ2n) is 6.95. The van der Waals surface area contributed by atoms with Crippen molar-refractivity contribution >= 4 is 5.91 Å². The van der Waals surface area contributed by atoms with Gasteiger partial charge >= 0.3 is 0 Å². The molecule has 132 valence electrons. The monoisotopic (exact) mass is 339 g/mol. The lowest BCUT2D eigenvalue weighted by atomic mass is 10.1. The standard InChI is InChI=1S/C20H25N3O2/c1-2-22(13-15-11-12-25-14-15)20(24)19-17-9-6-10-18(17)23(21-19)16-7-4-3-5-8-16/h3-5,7-8,15H,2,6,9-14H2,1H3. The molecule has 0 saturated carbocycles. The number of hydrogen-bond acceptors (Lipinski definition) is 3. The molecule has 5 heteroatoms. The molecule has 1 saturated heterocycles. The number of carbonyl (C=O) groups excluding carboxylic acids is 1. The number of aromatic nitrogens is 2. The van der Waals surface area contributed by atoms with Gasteiger partial charge in [-0.15, -0.1) is 0 Å². The summed E-state index contributed by atoms with van der Waals surface area (Å²) in [5.41, 5.74) is 4.04. The third kappa shape index (κ3) is 3.09. The van der Waals surface area contributed by atoms with E-state index in [0.717, 1.165) is 56.7 Å². The van der Waals surface area contributed by atoms with E-state index in [9.17, 15) is 4.79 Å². The molecule has 1 aromatic heterocycles.